The van der Waals surface area contributed by atoms with Gasteiger partial charge in [0.15, 0.2) is 0 Å². The average Bonchev–Trinajstić information content (AvgIpc) is 3.08. The first-order chi connectivity index (χ1) is 20.8. The molecule has 0 aliphatic carbocycles. The molecule has 7 aromatic rings. The predicted molar refractivity (Wildman–Crippen MR) is 171 cm³/mol. The van der Waals surface area contributed by atoms with Crippen LogP contribution in [0.5, 0.6) is 11.5 Å². The standard InChI is InChI=1S/C27H15BNO.C11H8N.Ir/c1-2-15-29-23(11-1)18-13-14-24-22(16-18)28-21-10-4-7-17-6-3-8-19(26(17)21)20-9-5-12-25(30-24)27(20)28;1-2-6-10(7-3-1)11-8-4-5-9-12-11;/h1-12,14-16H;1-6,8-9H;/q2*-1;. The van der Waals surface area contributed by atoms with Gasteiger partial charge in [0.25, 0.3) is 0 Å². The molecule has 0 saturated carbocycles. The molecule has 9 rings (SSSR count). The quantitative estimate of drug-likeness (QED) is 0.145. The van der Waals surface area contributed by atoms with E-state index in [4.69, 9.17) is 4.74 Å². The summed E-state index contributed by atoms with van der Waals surface area (Å²) in [5.74, 6) is 1.82. The Kier molecular flexibility index (Phi) is 7.20. The first-order valence-electron chi connectivity index (χ1n) is 14.0. The van der Waals surface area contributed by atoms with E-state index in [0.717, 1.165) is 34.0 Å². The van der Waals surface area contributed by atoms with Crippen LogP contribution in [-0.2, 0) is 20.1 Å². The molecule has 43 heavy (non-hydrogen) atoms. The maximum absolute atomic E-state index is 6.37. The summed E-state index contributed by atoms with van der Waals surface area (Å²) >= 11 is 0. The SMILES string of the molecule is [Ir].[c-]1cc2c(cc1-c1ccccn1)B1c3c(cccc3-c3cccc4cccc1c34)O2.[c-]1ccccc1-c1ccccn1. The summed E-state index contributed by atoms with van der Waals surface area (Å²) in [5, 5.41) is 2.62. The van der Waals surface area contributed by atoms with Gasteiger partial charge in [-0.3, -0.25) is 0 Å². The molecule has 0 saturated heterocycles. The van der Waals surface area contributed by atoms with Crippen LogP contribution in [0.4, 0.5) is 0 Å². The zero-order valence-corrected chi connectivity index (χ0v) is 25.4. The van der Waals surface area contributed by atoms with Crippen molar-refractivity contribution in [3.8, 4) is 45.1 Å². The van der Waals surface area contributed by atoms with Crippen molar-refractivity contribution in [2.24, 2.45) is 0 Å². The van der Waals surface area contributed by atoms with Crippen LogP contribution in [0.15, 0.2) is 140 Å². The van der Waals surface area contributed by atoms with Gasteiger partial charge in [0, 0.05) is 38.2 Å². The van der Waals surface area contributed by atoms with Gasteiger partial charge < -0.3 is 14.7 Å². The fourth-order valence-corrected chi connectivity index (χ4v) is 6.15. The average molecular weight is 727 g/mol. The van der Waals surface area contributed by atoms with E-state index in [1.165, 1.54) is 38.3 Å². The molecule has 0 N–H and O–H groups in total. The van der Waals surface area contributed by atoms with E-state index in [9.17, 15) is 0 Å². The number of fused-ring (bicyclic) bond motifs is 4. The molecule has 1 radical (unpaired) electrons. The van der Waals surface area contributed by atoms with Crippen molar-refractivity contribution in [1.29, 1.82) is 0 Å². The van der Waals surface area contributed by atoms with Gasteiger partial charge in [-0.15, -0.1) is 65.1 Å². The molecule has 0 amide bonds. The predicted octanol–water partition coefficient (Wildman–Crippen LogP) is 6.85. The van der Waals surface area contributed by atoms with Crippen molar-refractivity contribution >= 4 is 33.9 Å². The van der Waals surface area contributed by atoms with Crippen molar-refractivity contribution in [3.05, 3.63) is 152 Å². The molecule has 0 fully saturated rings. The topological polar surface area (TPSA) is 35.0 Å². The molecule has 5 heteroatoms. The zero-order valence-electron chi connectivity index (χ0n) is 23.0. The maximum Gasteiger partial charge on any atom is 0.232 e. The van der Waals surface area contributed by atoms with Crippen molar-refractivity contribution in [3.63, 3.8) is 0 Å². The minimum absolute atomic E-state index is 0. The number of nitrogens with zero attached hydrogens (tertiary/aromatic N) is 2. The van der Waals surface area contributed by atoms with Gasteiger partial charge in [-0.25, -0.2) is 0 Å². The number of aromatic nitrogens is 2. The number of pyridine rings is 2. The van der Waals surface area contributed by atoms with E-state index in [1.807, 2.05) is 72.9 Å². The fourth-order valence-electron chi connectivity index (χ4n) is 6.15. The molecule has 5 aromatic carbocycles. The number of rotatable bonds is 2. The smallest absolute Gasteiger partial charge is 0.232 e. The summed E-state index contributed by atoms with van der Waals surface area (Å²) < 4.78 is 6.37. The first-order valence-corrected chi connectivity index (χ1v) is 14.0. The molecular formula is C38H23BIrN2O-2. The Morgan fingerprint density at radius 1 is 0.581 bits per heavy atom. The molecule has 0 spiro atoms. The van der Waals surface area contributed by atoms with Gasteiger partial charge in [0.1, 0.15) is 5.75 Å². The first kappa shape index (κ1) is 27.0. The van der Waals surface area contributed by atoms with Crippen LogP contribution in [0, 0.1) is 12.1 Å². The van der Waals surface area contributed by atoms with Crippen LogP contribution in [0.25, 0.3) is 44.4 Å². The third-order valence-electron chi connectivity index (χ3n) is 7.96. The van der Waals surface area contributed by atoms with Gasteiger partial charge in [-0.2, -0.15) is 0 Å². The Morgan fingerprint density at radius 2 is 1.30 bits per heavy atom. The molecular weight excluding hydrogens is 703 g/mol. The number of ether oxygens (including phenoxy) is 1. The number of benzene rings is 5. The molecule has 205 valence electrons. The van der Waals surface area contributed by atoms with Crippen LogP contribution in [0.3, 0.4) is 0 Å². The van der Waals surface area contributed by atoms with E-state index < -0.39 is 0 Å². The third-order valence-corrected chi connectivity index (χ3v) is 7.96. The second-order valence-corrected chi connectivity index (χ2v) is 10.4. The molecule has 2 aliphatic rings. The normalized spacial score (nSPS) is 11.7. The molecule has 2 aromatic heterocycles. The van der Waals surface area contributed by atoms with E-state index in [-0.39, 0.29) is 26.8 Å². The van der Waals surface area contributed by atoms with E-state index >= 15 is 0 Å². The van der Waals surface area contributed by atoms with Crippen molar-refractivity contribution in [2.45, 2.75) is 0 Å². The Hall–Kier alpha value is -4.83. The summed E-state index contributed by atoms with van der Waals surface area (Å²) in [7, 11) is 0. The third kappa shape index (κ3) is 4.77. The van der Waals surface area contributed by atoms with Crippen LogP contribution in [0.2, 0.25) is 0 Å². The van der Waals surface area contributed by atoms with E-state index in [1.54, 1.807) is 6.20 Å². The second-order valence-electron chi connectivity index (χ2n) is 10.4. The zero-order chi connectivity index (χ0) is 27.9. The van der Waals surface area contributed by atoms with E-state index in [2.05, 4.69) is 82.8 Å². The van der Waals surface area contributed by atoms with Crippen LogP contribution >= 0.6 is 0 Å². The molecule has 0 unspecified atom stereocenters. The Morgan fingerprint density at radius 3 is 2.05 bits per heavy atom. The Balaban J connectivity index is 0.000000195. The Bertz CT molecular complexity index is 2030. The second kappa shape index (κ2) is 11.5. The van der Waals surface area contributed by atoms with Gasteiger partial charge in [0.2, 0.25) is 6.71 Å². The maximum atomic E-state index is 6.37. The fraction of sp³-hybridized carbons (Fsp3) is 0. The van der Waals surface area contributed by atoms with Crippen molar-refractivity contribution < 1.29 is 24.8 Å². The van der Waals surface area contributed by atoms with Gasteiger partial charge in [-0.1, -0.05) is 78.3 Å². The van der Waals surface area contributed by atoms with Crippen molar-refractivity contribution in [2.75, 3.05) is 0 Å². The molecule has 0 bridgehead atoms. The van der Waals surface area contributed by atoms with Crippen LogP contribution < -0.4 is 21.1 Å². The molecule has 0 atom stereocenters. The largest absolute Gasteiger partial charge is 0.503 e. The molecule has 2 aliphatic heterocycles. The number of hydrogen-bond acceptors (Lipinski definition) is 3. The van der Waals surface area contributed by atoms with E-state index in [0.29, 0.717) is 0 Å². The minimum Gasteiger partial charge on any atom is -0.503 e. The molecule has 4 heterocycles. The Labute approximate surface area is 264 Å². The monoisotopic (exact) mass is 727 g/mol. The minimum atomic E-state index is 0. The van der Waals surface area contributed by atoms with Gasteiger partial charge in [0.05, 0.1) is 0 Å². The summed E-state index contributed by atoms with van der Waals surface area (Å²) in [6.45, 7) is 0.135. The number of hydrogen-bond donors (Lipinski definition) is 0. The summed E-state index contributed by atoms with van der Waals surface area (Å²) in [4.78, 5) is 8.74. The van der Waals surface area contributed by atoms with Gasteiger partial charge in [-0.05, 0) is 56.9 Å². The summed E-state index contributed by atoms with van der Waals surface area (Å²) in [6, 6.07) is 49.9. The summed E-state index contributed by atoms with van der Waals surface area (Å²) in [6.07, 6.45) is 3.61. The summed E-state index contributed by atoms with van der Waals surface area (Å²) in [5.41, 5.74) is 10.3. The van der Waals surface area contributed by atoms with Crippen LogP contribution in [-0.4, -0.2) is 16.7 Å². The molecule has 3 nitrogen and oxygen atoms in total. The van der Waals surface area contributed by atoms with Crippen molar-refractivity contribution in [1.82, 2.24) is 9.97 Å². The van der Waals surface area contributed by atoms with Gasteiger partial charge >= 0.3 is 0 Å². The van der Waals surface area contributed by atoms with Crippen LogP contribution in [0.1, 0.15) is 0 Å².